The standard InChI is InChI=1S/C6H7ClN2O/c1-10-9-5-2-3-6(7)8-4-5/h2-4,9H,1H3. The Balaban J connectivity index is 2.69. The Morgan fingerprint density at radius 2 is 2.40 bits per heavy atom. The fourth-order valence-electron chi connectivity index (χ4n) is 0.554. The quantitative estimate of drug-likeness (QED) is 0.526. The van der Waals surface area contributed by atoms with Crippen molar-refractivity contribution in [3.8, 4) is 0 Å². The van der Waals surface area contributed by atoms with E-state index in [1.165, 1.54) is 7.11 Å². The predicted octanol–water partition coefficient (Wildman–Crippen LogP) is 1.71. The van der Waals surface area contributed by atoms with Gasteiger partial charge in [-0.3, -0.25) is 10.3 Å². The number of pyridine rings is 1. The fourth-order valence-corrected chi connectivity index (χ4v) is 0.666. The van der Waals surface area contributed by atoms with Crippen LogP contribution >= 0.6 is 11.6 Å². The maximum atomic E-state index is 5.53. The van der Waals surface area contributed by atoms with Crippen molar-refractivity contribution in [2.75, 3.05) is 12.6 Å². The van der Waals surface area contributed by atoms with Gasteiger partial charge in [0, 0.05) is 0 Å². The van der Waals surface area contributed by atoms with Gasteiger partial charge >= 0.3 is 0 Å². The molecule has 3 nitrogen and oxygen atoms in total. The van der Waals surface area contributed by atoms with E-state index in [-0.39, 0.29) is 0 Å². The zero-order valence-electron chi connectivity index (χ0n) is 5.47. The lowest BCUT2D eigenvalue weighted by Gasteiger charge is -1.99. The molecular formula is C6H7ClN2O. The molecule has 0 atom stereocenters. The van der Waals surface area contributed by atoms with Crippen LogP contribution in [0.25, 0.3) is 0 Å². The molecule has 0 bridgehead atoms. The second-order valence-corrected chi connectivity index (χ2v) is 2.06. The minimum Gasteiger partial charge on any atom is -0.279 e. The van der Waals surface area contributed by atoms with Crippen LogP contribution in [-0.2, 0) is 4.84 Å². The molecule has 0 aromatic carbocycles. The van der Waals surface area contributed by atoms with Crippen molar-refractivity contribution >= 4 is 17.3 Å². The smallest absolute Gasteiger partial charge is 0.129 e. The van der Waals surface area contributed by atoms with Crippen molar-refractivity contribution in [3.63, 3.8) is 0 Å². The van der Waals surface area contributed by atoms with E-state index in [0.29, 0.717) is 5.15 Å². The van der Waals surface area contributed by atoms with Gasteiger partial charge in [0.15, 0.2) is 0 Å². The van der Waals surface area contributed by atoms with Gasteiger partial charge in [-0.2, -0.15) is 0 Å². The first-order valence-corrected chi connectivity index (χ1v) is 3.11. The summed E-state index contributed by atoms with van der Waals surface area (Å²) >= 11 is 5.53. The van der Waals surface area contributed by atoms with Gasteiger partial charge in [-0.25, -0.2) is 4.98 Å². The first-order chi connectivity index (χ1) is 4.83. The van der Waals surface area contributed by atoms with Crippen LogP contribution < -0.4 is 5.48 Å². The molecule has 0 aliphatic rings. The molecule has 0 spiro atoms. The molecule has 1 heterocycles. The minimum absolute atomic E-state index is 0.474. The Morgan fingerprint density at radius 3 is 2.90 bits per heavy atom. The molecule has 1 aromatic heterocycles. The highest BCUT2D eigenvalue weighted by atomic mass is 35.5. The van der Waals surface area contributed by atoms with E-state index in [4.69, 9.17) is 11.6 Å². The molecule has 0 fully saturated rings. The minimum atomic E-state index is 0.474. The zero-order valence-corrected chi connectivity index (χ0v) is 6.22. The fraction of sp³-hybridized carbons (Fsp3) is 0.167. The Bertz CT molecular complexity index is 199. The van der Waals surface area contributed by atoms with Gasteiger partial charge in [0.05, 0.1) is 19.0 Å². The summed E-state index contributed by atoms with van der Waals surface area (Å²) in [4.78, 5) is 8.46. The van der Waals surface area contributed by atoms with Crippen molar-refractivity contribution in [1.29, 1.82) is 0 Å². The summed E-state index contributed by atoms with van der Waals surface area (Å²) in [6, 6.07) is 3.46. The second kappa shape index (κ2) is 3.39. The third kappa shape index (κ3) is 1.86. The van der Waals surface area contributed by atoms with Gasteiger partial charge in [-0.05, 0) is 12.1 Å². The van der Waals surface area contributed by atoms with Gasteiger partial charge in [-0.15, -0.1) is 0 Å². The molecule has 4 heteroatoms. The summed E-state index contributed by atoms with van der Waals surface area (Å²) < 4.78 is 0. The van der Waals surface area contributed by atoms with Gasteiger partial charge in [0.25, 0.3) is 0 Å². The van der Waals surface area contributed by atoms with Crippen LogP contribution in [0.1, 0.15) is 0 Å². The van der Waals surface area contributed by atoms with E-state index in [9.17, 15) is 0 Å². The monoisotopic (exact) mass is 158 g/mol. The van der Waals surface area contributed by atoms with E-state index < -0.39 is 0 Å². The van der Waals surface area contributed by atoms with Crippen LogP contribution in [0.2, 0.25) is 5.15 Å². The third-order valence-corrected chi connectivity index (χ3v) is 1.17. The van der Waals surface area contributed by atoms with Gasteiger partial charge in [0.1, 0.15) is 5.15 Å². The Hall–Kier alpha value is -0.800. The van der Waals surface area contributed by atoms with Crippen LogP contribution in [-0.4, -0.2) is 12.1 Å². The Kier molecular flexibility index (Phi) is 2.48. The molecule has 0 aliphatic carbocycles. The van der Waals surface area contributed by atoms with E-state index in [1.54, 1.807) is 18.3 Å². The first-order valence-electron chi connectivity index (χ1n) is 2.73. The molecule has 0 amide bonds. The van der Waals surface area contributed by atoms with Crippen molar-refractivity contribution in [2.45, 2.75) is 0 Å². The van der Waals surface area contributed by atoms with E-state index in [2.05, 4.69) is 15.3 Å². The van der Waals surface area contributed by atoms with Crippen LogP contribution in [0.15, 0.2) is 18.3 Å². The number of rotatable bonds is 2. The zero-order chi connectivity index (χ0) is 7.40. The van der Waals surface area contributed by atoms with Crippen molar-refractivity contribution in [1.82, 2.24) is 4.98 Å². The Labute approximate surface area is 63.9 Å². The molecule has 0 aliphatic heterocycles. The van der Waals surface area contributed by atoms with Crippen LogP contribution in [0.4, 0.5) is 5.69 Å². The summed E-state index contributed by atoms with van der Waals surface area (Å²) in [6.45, 7) is 0. The molecular weight excluding hydrogens is 152 g/mol. The van der Waals surface area contributed by atoms with Crippen molar-refractivity contribution in [3.05, 3.63) is 23.5 Å². The second-order valence-electron chi connectivity index (χ2n) is 1.68. The van der Waals surface area contributed by atoms with E-state index in [0.717, 1.165) is 5.69 Å². The number of hydrogen-bond acceptors (Lipinski definition) is 3. The van der Waals surface area contributed by atoms with Crippen molar-refractivity contribution in [2.24, 2.45) is 0 Å². The average Bonchev–Trinajstić information content (AvgIpc) is 1.95. The number of nitrogens with one attached hydrogen (secondary N) is 1. The summed E-state index contributed by atoms with van der Waals surface area (Å²) in [6.07, 6.45) is 1.59. The number of anilines is 1. The van der Waals surface area contributed by atoms with Gasteiger partial charge in [0.2, 0.25) is 0 Å². The number of nitrogens with zero attached hydrogens (tertiary/aromatic N) is 1. The first kappa shape index (κ1) is 7.31. The normalized spacial score (nSPS) is 9.40. The summed E-state index contributed by atoms with van der Waals surface area (Å²) in [5.41, 5.74) is 3.40. The predicted molar refractivity (Wildman–Crippen MR) is 39.9 cm³/mol. The van der Waals surface area contributed by atoms with E-state index >= 15 is 0 Å². The molecule has 54 valence electrons. The average molecular weight is 159 g/mol. The van der Waals surface area contributed by atoms with Gasteiger partial charge in [-0.1, -0.05) is 11.6 Å². The summed E-state index contributed by atoms with van der Waals surface area (Å²) in [7, 11) is 1.54. The highest BCUT2D eigenvalue weighted by Gasteiger charge is 1.89. The van der Waals surface area contributed by atoms with Crippen molar-refractivity contribution < 1.29 is 4.84 Å². The molecule has 1 rings (SSSR count). The van der Waals surface area contributed by atoms with Crippen LogP contribution in [0, 0.1) is 0 Å². The molecule has 0 radical (unpaired) electrons. The topological polar surface area (TPSA) is 34.1 Å². The molecule has 1 aromatic rings. The molecule has 0 saturated heterocycles. The number of aromatic nitrogens is 1. The summed E-state index contributed by atoms with van der Waals surface area (Å²) in [5, 5.41) is 0.474. The highest BCUT2D eigenvalue weighted by Crippen LogP contribution is 2.08. The SMILES string of the molecule is CONc1ccc(Cl)nc1. The molecule has 0 unspecified atom stereocenters. The van der Waals surface area contributed by atoms with Crippen LogP contribution in [0.5, 0.6) is 0 Å². The molecule has 10 heavy (non-hydrogen) atoms. The lowest BCUT2D eigenvalue weighted by atomic mass is 10.4. The largest absolute Gasteiger partial charge is 0.279 e. The number of hydrogen-bond donors (Lipinski definition) is 1. The maximum Gasteiger partial charge on any atom is 0.129 e. The molecule has 1 N–H and O–H groups in total. The number of halogens is 1. The van der Waals surface area contributed by atoms with Crippen LogP contribution in [0.3, 0.4) is 0 Å². The lowest BCUT2D eigenvalue weighted by Crippen LogP contribution is -1.95. The third-order valence-electron chi connectivity index (χ3n) is 0.947. The molecule has 0 saturated carbocycles. The Morgan fingerprint density at radius 1 is 1.60 bits per heavy atom. The van der Waals surface area contributed by atoms with Gasteiger partial charge < -0.3 is 0 Å². The maximum absolute atomic E-state index is 5.53. The van der Waals surface area contributed by atoms with E-state index in [1.807, 2.05) is 0 Å². The summed E-state index contributed by atoms with van der Waals surface area (Å²) in [5.74, 6) is 0. The lowest BCUT2D eigenvalue weighted by molar-refractivity contribution is 0.271. The highest BCUT2D eigenvalue weighted by molar-refractivity contribution is 6.29.